The monoisotopic (exact) mass is 641 g/mol. The van der Waals surface area contributed by atoms with Gasteiger partial charge in [0.2, 0.25) is 11.8 Å². The molecule has 0 radical (unpaired) electrons. The van der Waals surface area contributed by atoms with E-state index in [0.717, 1.165) is 45.1 Å². The third-order valence-electron chi connectivity index (χ3n) is 8.19. The first-order valence-electron chi connectivity index (χ1n) is 15.7. The standard InChI is InChI=1S/C37H39N3O5.ClH/c38-17-21-44-31-6-1-4-27(22-31)23-36(42)40-19-16-28-24-33-13-14-34(28)37(40)29-5-2-7-32(25-29)43-20-3-18-39-35(41)15-10-26-8-11-30(45-33)12-9-26;/h1-2,4-9,11-14,22,24-25,37H,3,10,15-21,23,38H2,(H,39,41);1H. The van der Waals surface area contributed by atoms with Gasteiger partial charge >= 0.3 is 0 Å². The molecule has 0 saturated carbocycles. The molecule has 8 nitrogen and oxygen atoms in total. The second kappa shape index (κ2) is 15.7. The maximum absolute atomic E-state index is 14.0. The Morgan fingerprint density at radius 1 is 0.913 bits per heavy atom. The Kier molecular flexibility index (Phi) is 11.2. The molecule has 5 aliphatic rings. The smallest absolute Gasteiger partial charge is 0.227 e. The Labute approximate surface area is 276 Å². The molecule has 0 fully saturated rings. The van der Waals surface area contributed by atoms with Crippen LogP contribution in [0.3, 0.4) is 0 Å². The number of aryl methyl sites for hydroxylation is 1. The van der Waals surface area contributed by atoms with Gasteiger partial charge in [0.15, 0.2) is 0 Å². The molecule has 0 saturated heterocycles. The van der Waals surface area contributed by atoms with E-state index in [0.29, 0.717) is 64.3 Å². The molecule has 8 bridgehead atoms. The Morgan fingerprint density at radius 2 is 1.74 bits per heavy atom. The van der Waals surface area contributed by atoms with E-state index in [1.54, 1.807) is 0 Å². The second-order valence-corrected chi connectivity index (χ2v) is 11.4. The predicted molar refractivity (Wildman–Crippen MR) is 180 cm³/mol. The van der Waals surface area contributed by atoms with Gasteiger partial charge in [0, 0.05) is 26.1 Å². The zero-order valence-electron chi connectivity index (χ0n) is 25.8. The third kappa shape index (κ3) is 8.19. The minimum atomic E-state index is -0.289. The molecule has 3 N–H and O–H groups in total. The number of hydrogen-bond donors (Lipinski definition) is 2. The number of carbonyl (C=O) groups excluding carboxylic acids is 2. The summed E-state index contributed by atoms with van der Waals surface area (Å²) in [5, 5.41) is 2.99. The average Bonchev–Trinajstić information content (AvgIpc) is 3.06. The zero-order valence-corrected chi connectivity index (χ0v) is 26.6. The number of amides is 2. The average molecular weight is 642 g/mol. The summed E-state index contributed by atoms with van der Waals surface area (Å²) in [6.45, 7) is 2.44. The van der Waals surface area contributed by atoms with Crippen molar-refractivity contribution in [1.82, 2.24) is 10.2 Å². The van der Waals surface area contributed by atoms with Crippen LogP contribution in [0.1, 0.15) is 46.7 Å². The Hall–Kier alpha value is -4.53. The third-order valence-corrected chi connectivity index (χ3v) is 8.19. The van der Waals surface area contributed by atoms with Crippen molar-refractivity contribution in [2.45, 2.75) is 38.1 Å². The molecule has 1 unspecified atom stereocenters. The van der Waals surface area contributed by atoms with Crippen LogP contribution in [0.5, 0.6) is 23.0 Å². The van der Waals surface area contributed by atoms with Crippen LogP contribution in [0.4, 0.5) is 0 Å². The van der Waals surface area contributed by atoms with Crippen molar-refractivity contribution in [3.05, 3.63) is 119 Å². The van der Waals surface area contributed by atoms with Gasteiger partial charge in [-0.05, 0) is 95.6 Å². The molecule has 5 aliphatic heterocycles. The highest BCUT2D eigenvalue weighted by molar-refractivity contribution is 5.85. The van der Waals surface area contributed by atoms with Crippen molar-refractivity contribution in [2.24, 2.45) is 5.73 Å². The van der Waals surface area contributed by atoms with Crippen LogP contribution in [-0.4, -0.2) is 49.6 Å². The van der Waals surface area contributed by atoms with Crippen LogP contribution in [0.25, 0.3) is 0 Å². The molecule has 46 heavy (non-hydrogen) atoms. The zero-order chi connectivity index (χ0) is 31.0. The van der Waals surface area contributed by atoms with Gasteiger partial charge in [-0.2, -0.15) is 0 Å². The van der Waals surface area contributed by atoms with Gasteiger partial charge in [-0.3, -0.25) is 9.59 Å². The lowest BCUT2D eigenvalue weighted by Crippen LogP contribution is -2.41. The highest BCUT2D eigenvalue weighted by Crippen LogP contribution is 2.39. The molecule has 2 amide bonds. The summed E-state index contributed by atoms with van der Waals surface area (Å²) in [5.74, 6) is 2.98. The summed E-state index contributed by atoms with van der Waals surface area (Å²) in [6.07, 6.45) is 2.75. The fourth-order valence-corrected chi connectivity index (χ4v) is 5.96. The first-order valence-corrected chi connectivity index (χ1v) is 15.7. The van der Waals surface area contributed by atoms with Crippen molar-refractivity contribution >= 4 is 24.2 Å². The van der Waals surface area contributed by atoms with Crippen LogP contribution >= 0.6 is 12.4 Å². The summed E-state index contributed by atoms with van der Waals surface area (Å²) in [5.41, 5.74) is 10.8. The SMILES string of the molecule is Cl.NCCOc1cccc(CC(=O)N2CCc3cc4ccc3C2c2cccc(c2)OCCCNC(=O)CCc2ccc(cc2)O4)c1. The largest absolute Gasteiger partial charge is 0.494 e. The van der Waals surface area contributed by atoms with E-state index in [1.165, 1.54) is 0 Å². The molecular formula is C37H40ClN3O5. The lowest BCUT2D eigenvalue weighted by atomic mass is 9.87. The Morgan fingerprint density at radius 3 is 2.59 bits per heavy atom. The summed E-state index contributed by atoms with van der Waals surface area (Å²) >= 11 is 0. The molecule has 1 atom stereocenters. The number of benzene rings is 4. The Balaban J connectivity index is 0.00000417. The van der Waals surface area contributed by atoms with Crippen molar-refractivity contribution in [3.63, 3.8) is 0 Å². The molecule has 9 heteroatoms. The lowest BCUT2D eigenvalue weighted by Gasteiger charge is -2.38. The van der Waals surface area contributed by atoms with Crippen LogP contribution in [0.2, 0.25) is 0 Å². The van der Waals surface area contributed by atoms with Crippen molar-refractivity contribution in [2.75, 3.05) is 32.8 Å². The lowest BCUT2D eigenvalue weighted by molar-refractivity contribution is -0.132. The molecule has 240 valence electrons. The summed E-state index contributed by atoms with van der Waals surface area (Å²) < 4.78 is 18.0. The summed E-state index contributed by atoms with van der Waals surface area (Å²) in [6, 6.07) is 29.4. The van der Waals surface area contributed by atoms with E-state index in [4.69, 9.17) is 19.9 Å². The number of carbonyl (C=O) groups is 2. The van der Waals surface area contributed by atoms with Crippen molar-refractivity contribution in [3.8, 4) is 23.0 Å². The van der Waals surface area contributed by atoms with E-state index in [9.17, 15) is 9.59 Å². The van der Waals surface area contributed by atoms with Crippen LogP contribution in [0.15, 0.2) is 91.0 Å². The van der Waals surface area contributed by atoms with Gasteiger partial charge in [0.05, 0.1) is 19.1 Å². The minimum absolute atomic E-state index is 0. The molecule has 5 heterocycles. The predicted octanol–water partition coefficient (Wildman–Crippen LogP) is 5.79. The molecule has 0 aromatic heterocycles. The number of hydrogen-bond acceptors (Lipinski definition) is 6. The van der Waals surface area contributed by atoms with Crippen LogP contribution in [-0.2, 0) is 28.9 Å². The molecule has 0 spiro atoms. The fraction of sp³-hybridized carbons (Fsp3) is 0.297. The first kappa shape index (κ1) is 32.9. The van der Waals surface area contributed by atoms with E-state index >= 15 is 0 Å². The van der Waals surface area contributed by atoms with Gasteiger partial charge in [-0.25, -0.2) is 0 Å². The first-order chi connectivity index (χ1) is 22.1. The number of nitrogens with zero attached hydrogens (tertiary/aromatic N) is 1. The van der Waals surface area contributed by atoms with Gasteiger partial charge < -0.3 is 30.2 Å². The van der Waals surface area contributed by atoms with E-state index in [-0.39, 0.29) is 36.7 Å². The molecule has 9 rings (SSSR count). The van der Waals surface area contributed by atoms with E-state index < -0.39 is 0 Å². The maximum Gasteiger partial charge on any atom is 0.227 e. The number of rotatable bonds is 5. The van der Waals surface area contributed by atoms with E-state index in [2.05, 4.69) is 23.5 Å². The van der Waals surface area contributed by atoms with Gasteiger partial charge in [0.25, 0.3) is 0 Å². The molecule has 4 aromatic carbocycles. The van der Waals surface area contributed by atoms with Crippen LogP contribution in [0, 0.1) is 0 Å². The normalized spacial score (nSPS) is 16.2. The van der Waals surface area contributed by atoms with Crippen molar-refractivity contribution < 1.29 is 23.8 Å². The van der Waals surface area contributed by atoms with Gasteiger partial charge in [0.1, 0.15) is 29.6 Å². The Bertz CT molecular complexity index is 1640. The van der Waals surface area contributed by atoms with Gasteiger partial charge in [-0.1, -0.05) is 42.5 Å². The number of halogens is 1. The number of ether oxygens (including phenoxy) is 3. The maximum atomic E-state index is 14.0. The molecule has 0 aliphatic carbocycles. The number of nitrogens with one attached hydrogen (secondary N) is 1. The topological polar surface area (TPSA) is 103 Å². The van der Waals surface area contributed by atoms with E-state index in [1.807, 2.05) is 77.7 Å². The molecule has 4 aromatic rings. The number of nitrogens with two attached hydrogens (primary N) is 1. The highest BCUT2D eigenvalue weighted by atomic mass is 35.5. The van der Waals surface area contributed by atoms with Crippen molar-refractivity contribution in [1.29, 1.82) is 0 Å². The minimum Gasteiger partial charge on any atom is -0.494 e. The second-order valence-electron chi connectivity index (χ2n) is 11.4. The van der Waals surface area contributed by atoms with Gasteiger partial charge in [-0.15, -0.1) is 12.4 Å². The molecular weight excluding hydrogens is 602 g/mol. The quantitative estimate of drug-likeness (QED) is 0.286. The van der Waals surface area contributed by atoms with Crippen LogP contribution < -0.4 is 25.3 Å². The summed E-state index contributed by atoms with van der Waals surface area (Å²) in [4.78, 5) is 28.3. The summed E-state index contributed by atoms with van der Waals surface area (Å²) in [7, 11) is 0. The highest BCUT2D eigenvalue weighted by Gasteiger charge is 2.32. The fourth-order valence-electron chi connectivity index (χ4n) is 5.96.